The van der Waals surface area contributed by atoms with Gasteiger partial charge in [-0.15, -0.1) is 0 Å². The largest absolute Gasteiger partial charge is 0.327 e. The van der Waals surface area contributed by atoms with Gasteiger partial charge in [-0.3, -0.25) is 9.58 Å². The highest BCUT2D eigenvalue weighted by Crippen LogP contribution is 2.13. The molecule has 0 aliphatic carbocycles. The lowest BCUT2D eigenvalue weighted by Gasteiger charge is -2.29. The van der Waals surface area contributed by atoms with E-state index in [9.17, 15) is 0 Å². The molecule has 0 amide bonds. The molecule has 2 rings (SSSR count). The summed E-state index contributed by atoms with van der Waals surface area (Å²) < 4.78 is 2.07. The Labute approximate surface area is 104 Å². The first-order valence-electron chi connectivity index (χ1n) is 6.71. The molecule has 2 atom stereocenters. The van der Waals surface area contributed by atoms with Crippen molar-refractivity contribution in [1.29, 1.82) is 0 Å². The van der Waals surface area contributed by atoms with Crippen molar-refractivity contribution in [2.45, 2.75) is 51.7 Å². The molecule has 1 aromatic heterocycles. The van der Waals surface area contributed by atoms with Crippen LogP contribution in [0.4, 0.5) is 0 Å². The van der Waals surface area contributed by atoms with Gasteiger partial charge in [-0.2, -0.15) is 5.10 Å². The van der Waals surface area contributed by atoms with E-state index in [-0.39, 0.29) is 0 Å². The first kappa shape index (κ1) is 12.6. The Hall–Kier alpha value is -0.870. The highest BCUT2D eigenvalue weighted by molar-refractivity contribution is 5.00. The van der Waals surface area contributed by atoms with Crippen molar-refractivity contribution in [3.63, 3.8) is 0 Å². The highest BCUT2D eigenvalue weighted by Gasteiger charge is 2.17. The monoisotopic (exact) mass is 236 g/mol. The van der Waals surface area contributed by atoms with Crippen molar-refractivity contribution >= 4 is 0 Å². The molecule has 4 nitrogen and oxygen atoms in total. The van der Waals surface area contributed by atoms with Crippen LogP contribution in [-0.4, -0.2) is 33.8 Å². The predicted octanol–water partition coefficient (Wildman–Crippen LogP) is 1.78. The van der Waals surface area contributed by atoms with Gasteiger partial charge < -0.3 is 5.73 Å². The van der Waals surface area contributed by atoms with Crippen LogP contribution in [0.3, 0.4) is 0 Å². The average molecular weight is 236 g/mol. The number of rotatable bonds is 4. The minimum Gasteiger partial charge on any atom is -0.327 e. The summed E-state index contributed by atoms with van der Waals surface area (Å²) in [4.78, 5) is 2.41. The van der Waals surface area contributed by atoms with Crippen LogP contribution in [0.5, 0.6) is 0 Å². The summed E-state index contributed by atoms with van der Waals surface area (Å²) >= 11 is 0. The Morgan fingerprint density at radius 3 is 3.12 bits per heavy atom. The molecule has 96 valence electrons. The quantitative estimate of drug-likeness (QED) is 0.867. The second-order valence-corrected chi connectivity index (χ2v) is 5.18. The summed E-state index contributed by atoms with van der Waals surface area (Å²) in [5.41, 5.74) is 7.15. The van der Waals surface area contributed by atoms with Gasteiger partial charge in [0.05, 0.1) is 5.69 Å². The van der Waals surface area contributed by atoms with Crippen LogP contribution in [0.2, 0.25) is 0 Å². The van der Waals surface area contributed by atoms with E-state index in [1.165, 1.54) is 12.1 Å². The lowest BCUT2D eigenvalue weighted by Crippen LogP contribution is -2.42. The van der Waals surface area contributed by atoms with E-state index in [4.69, 9.17) is 5.73 Å². The molecule has 0 saturated carbocycles. The topological polar surface area (TPSA) is 47.1 Å². The van der Waals surface area contributed by atoms with Gasteiger partial charge in [0.25, 0.3) is 0 Å². The standard InChI is InChI=1S/C13H24N4/c1-3-11(2)17-8-6-13(15-17)10-16-7-4-5-12(14)9-16/h6,8,11-12H,3-5,7,9-10,14H2,1-2H3. The van der Waals surface area contributed by atoms with Gasteiger partial charge in [0.15, 0.2) is 0 Å². The van der Waals surface area contributed by atoms with E-state index in [1.54, 1.807) is 0 Å². The number of piperidine rings is 1. The van der Waals surface area contributed by atoms with E-state index in [0.717, 1.165) is 32.5 Å². The maximum Gasteiger partial charge on any atom is 0.0764 e. The molecule has 1 fully saturated rings. The normalized spacial score (nSPS) is 23.8. The molecule has 2 heterocycles. The van der Waals surface area contributed by atoms with Crippen molar-refractivity contribution in [2.24, 2.45) is 5.73 Å². The van der Waals surface area contributed by atoms with Crippen LogP contribution in [0.1, 0.15) is 44.8 Å². The molecular formula is C13H24N4. The minimum atomic E-state index is 0.348. The fourth-order valence-electron chi connectivity index (χ4n) is 2.36. The van der Waals surface area contributed by atoms with E-state index < -0.39 is 0 Å². The first-order valence-corrected chi connectivity index (χ1v) is 6.71. The van der Waals surface area contributed by atoms with E-state index in [1.807, 2.05) is 0 Å². The fourth-order valence-corrected chi connectivity index (χ4v) is 2.36. The molecule has 1 saturated heterocycles. The third kappa shape index (κ3) is 3.30. The summed E-state index contributed by atoms with van der Waals surface area (Å²) in [6, 6.07) is 2.97. The number of hydrogen-bond acceptors (Lipinski definition) is 3. The Morgan fingerprint density at radius 1 is 1.59 bits per heavy atom. The minimum absolute atomic E-state index is 0.348. The first-order chi connectivity index (χ1) is 8.19. The van der Waals surface area contributed by atoms with Crippen molar-refractivity contribution in [3.8, 4) is 0 Å². The molecule has 2 unspecified atom stereocenters. The van der Waals surface area contributed by atoms with Crippen LogP contribution in [0.15, 0.2) is 12.3 Å². The zero-order valence-corrected chi connectivity index (χ0v) is 11.0. The van der Waals surface area contributed by atoms with Crippen LogP contribution in [-0.2, 0) is 6.54 Å². The van der Waals surface area contributed by atoms with Crippen LogP contribution >= 0.6 is 0 Å². The van der Waals surface area contributed by atoms with Crippen molar-refractivity contribution in [2.75, 3.05) is 13.1 Å². The van der Waals surface area contributed by atoms with Gasteiger partial charge in [-0.05, 0) is 38.8 Å². The molecule has 0 spiro atoms. The molecule has 1 aliphatic rings. The number of aromatic nitrogens is 2. The van der Waals surface area contributed by atoms with E-state index >= 15 is 0 Å². The second-order valence-electron chi connectivity index (χ2n) is 5.18. The van der Waals surface area contributed by atoms with Crippen molar-refractivity contribution < 1.29 is 0 Å². The van der Waals surface area contributed by atoms with Crippen LogP contribution in [0.25, 0.3) is 0 Å². The molecule has 0 bridgehead atoms. The zero-order valence-electron chi connectivity index (χ0n) is 11.0. The lowest BCUT2D eigenvalue weighted by atomic mass is 10.1. The Balaban J connectivity index is 1.92. The molecule has 1 aromatic rings. The number of hydrogen-bond donors (Lipinski definition) is 1. The third-order valence-electron chi connectivity index (χ3n) is 3.63. The molecule has 2 N–H and O–H groups in total. The molecular weight excluding hydrogens is 212 g/mol. The Bertz CT molecular complexity index is 347. The summed E-state index contributed by atoms with van der Waals surface area (Å²) in [7, 11) is 0. The SMILES string of the molecule is CCC(C)n1ccc(CN2CCCC(N)C2)n1. The Morgan fingerprint density at radius 2 is 2.41 bits per heavy atom. The lowest BCUT2D eigenvalue weighted by molar-refractivity contribution is 0.198. The summed E-state index contributed by atoms with van der Waals surface area (Å²) in [5.74, 6) is 0. The van der Waals surface area contributed by atoms with Crippen LogP contribution < -0.4 is 5.73 Å². The van der Waals surface area contributed by atoms with Gasteiger partial charge in [0.1, 0.15) is 0 Å². The smallest absolute Gasteiger partial charge is 0.0764 e. The van der Waals surface area contributed by atoms with Gasteiger partial charge >= 0.3 is 0 Å². The average Bonchev–Trinajstić information content (AvgIpc) is 2.76. The van der Waals surface area contributed by atoms with E-state index in [0.29, 0.717) is 12.1 Å². The Kier molecular flexibility index (Phi) is 4.18. The molecule has 4 heteroatoms. The summed E-state index contributed by atoms with van der Waals surface area (Å²) in [5, 5.41) is 4.63. The third-order valence-corrected chi connectivity index (χ3v) is 3.63. The number of nitrogens with zero attached hydrogens (tertiary/aromatic N) is 3. The van der Waals surface area contributed by atoms with Crippen LogP contribution in [0, 0.1) is 0 Å². The van der Waals surface area contributed by atoms with Gasteiger partial charge in [0.2, 0.25) is 0 Å². The second kappa shape index (κ2) is 5.65. The fraction of sp³-hybridized carbons (Fsp3) is 0.769. The highest BCUT2D eigenvalue weighted by atomic mass is 15.3. The molecule has 1 aliphatic heterocycles. The van der Waals surface area contributed by atoms with Gasteiger partial charge in [-0.1, -0.05) is 6.92 Å². The number of nitrogens with two attached hydrogens (primary N) is 1. The van der Waals surface area contributed by atoms with Crippen molar-refractivity contribution in [3.05, 3.63) is 18.0 Å². The van der Waals surface area contributed by atoms with E-state index in [2.05, 4.69) is 40.8 Å². The predicted molar refractivity (Wildman–Crippen MR) is 69.7 cm³/mol. The maximum atomic E-state index is 5.99. The van der Waals surface area contributed by atoms with Gasteiger partial charge in [0, 0.05) is 31.4 Å². The van der Waals surface area contributed by atoms with Gasteiger partial charge in [-0.25, -0.2) is 0 Å². The number of likely N-dealkylation sites (tertiary alicyclic amines) is 1. The molecule has 0 aromatic carbocycles. The zero-order chi connectivity index (χ0) is 12.3. The maximum absolute atomic E-state index is 5.99. The summed E-state index contributed by atoms with van der Waals surface area (Å²) in [6.07, 6.45) is 5.59. The molecule has 0 radical (unpaired) electrons. The summed E-state index contributed by atoms with van der Waals surface area (Å²) in [6.45, 7) is 7.50. The van der Waals surface area contributed by atoms with Crippen molar-refractivity contribution in [1.82, 2.24) is 14.7 Å². The molecule has 17 heavy (non-hydrogen) atoms.